The van der Waals surface area contributed by atoms with Crippen molar-refractivity contribution >= 4 is 5.97 Å². The quantitative estimate of drug-likeness (QED) is 0.402. The Labute approximate surface area is 195 Å². The molecule has 0 saturated carbocycles. The molecular weight excluding hydrogens is 301 g/mol. The molecule has 106 valence electrons. The number of hydrogen-bond donors (Lipinski definition) is 1. The van der Waals surface area contributed by atoms with Gasteiger partial charge in [-0.25, -0.2) is 0 Å². The third-order valence-electron chi connectivity index (χ3n) is 3.03. The van der Waals surface area contributed by atoms with E-state index < -0.39 is 5.97 Å². The zero-order valence-electron chi connectivity index (χ0n) is 13.9. The van der Waals surface area contributed by atoms with E-state index in [9.17, 15) is 9.90 Å². The first-order chi connectivity index (χ1) is 8.58. The molecular formula is C12H23N4Na3O2. The molecule has 0 aromatic rings. The normalized spacial score (nSPS) is 19.9. The van der Waals surface area contributed by atoms with Gasteiger partial charge in [0.25, 0.3) is 0 Å². The minimum Gasteiger partial charge on any atom is -0.549 e. The van der Waals surface area contributed by atoms with Crippen LogP contribution >= 0.6 is 0 Å². The maximum absolute atomic E-state index is 10.6. The van der Waals surface area contributed by atoms with Crippen molar-refractivity contribution in [3.05, 3.63) is 14.1 Å². The number of carboxylic acids is 1. The molecule has 0 aliphatic carbocycles. The van der Waals surface area contributed by atoms with Gasteiger partial charge >= 0.3 is 88.7 Å². The number of hydrogen-bond acceptors (Lipinski definition) is 6. The van der Waals surface area contributed by atoms with E-state index in [1.165, 1.54) is 0 Å². The second-order valence-electron chi connectivity index (χ2n) is 4.63. The molecule has 1 rings (SSSR count). The molecule has 0 radical (unpaired) electrons. The number of carboxylic acid groups (broad SMARTS) is 1. The van der Waals surface area contributed by atoms with Crippen molar-refractivity contribution in [2.24, 2.45) is 0 Å². The van der Waals surface area contributed by atoms with E-state index >= 15 is 0 Å². The molecule has 0 bridgehead atoms. The monoisotopic (exact) mass is 324 g/mol. The van der Waals surface area contributed by atoms with E-state index in [4.69, 9.17) is 0 Å². The Morgan fingerprint density at radius 3 is 1.95 bits per heavy atom. The Morgan fingerprint density at radius 2 is 1.38 bits per heavy atom. The summed E-state index contributed by atoms with van der Waals surface area (Å²) >= 11 is 0. The van der Waals surface area contributed by atoms with Gasteiger partial charge in [0, 0.05) is 32.7 Å². The molecule has 6 nitrogen and oxygen atoms in total. The molecule has 0 unspecified atom stereocenters. The van der Waals surface area contributed by atoms with E-state index in [1.807, 2.05) is 14.7 Å². The average Bonchev–Trinajstić information content (AvgIpc) is 2.30. The fraction of sp³-hybridized carbons (Fsp3) is 0.750. The Bertz CT molecular complexity index is 263. The summed E-state index contributed by atoms with van der Waals surface area (Å²) in [4.78, 5) is 16.5. The number of aliphatic carboxylic acids is 1. The standard InChI is InChI=1S/C12H24N4O2.3Na/c1-14-5-3-13-4-6-16(11-12(17)18)10-9-15(2)8-7-14;;;/h13H,1-11H2,(H,17,18);;;/q-2;3*+1/p-1. The van der Waals surface area contributed by atoms with Gasteiger partial charge in [0.1, 0.15) is 0 Å². The third-order valence-corrected chi connectivity index (χ3v) is 3.03. The van der Waals surface area contributed by atoms with Crippen molar-refractivity contribution in [1.82, 2.24) is 20.0 Å². The zero-order chi connectivity index (χ0) is 13.4. The second kappa shape index (κ2) is 17.1. The van der Waals surface area contributed by atoms with E-state index in [2.05, 4.69) is 19.4 Å². The molecule has 1 fully saturated rings. The fourth-order valence-electron chi connectivity index (χ4n) is 1.84. The molecule has 1 saturated heterocycles. The molecule has 0 aromatic heterocycles. The van der Waals surface area contributed by atoms with E-state index in [-0.39, 0.29) is 95.2 Å². The molecule has 0 aromatic carbocycles. The van der Waals surface area contributed by atoms with Gasteiger partial charge in [-0.3, -0.25) is 19.0 Å². The molecule has 1 aliphatic rings. The zero-order valence-corrected chi connectivity index (χ0v) is 19.9. The van der Waals surface area contributed by atoms with Gasteiger partial charge in [-0.1, -0.05) is 0 Å². The van der Waals surface area contributed by atoms with Gasteiger partial charge in [0.15, 0.2) is 0 Å². The van der Waals surface area contributed by atoms with Crippen molar-refractivity contribution < 1.29 is 98.6 Å². The minimum atomic E-state index is -1.03. The Morgan fingerprint density at radius 1 is 0.905 bits per heavy atom. The molecule has 0 atom stereocenters. The summed E-state index contributed by atoms with van der Waals surface area (Å²) in [6.45, 7) is 6.36. The number of nitrogens with zero attached hydrogens (tertiary/aromatic N) is 3. The first-order valence-corrected chi connectivity index (χ1v) is 6.31. The molecule has 9 heteroatoms. The minimum absolute atomic E-state index is 0. The van der Waals surface area contributed by atoms with Crippen LogP contribution in [-0.4, -0.2) is 79.6 Å². The summed E-state index contributed by atoms with van der Waals surface area (Å²) in [7, 11) is 7.90. The SMILES string of the molecule is [CH2-]N1CCNCCN(CC(=O)[O-])CCN([CH2-])CC1.[Na+].[Na+].[Na+]. The molecule has 1 aliphatic heterocycles. The second-order valence-corrected chi connectivity index (χ2v) is 4.63. The molecule has 21 heavy (non-hydrogen) atoms. The van der Waals surface area contributed by atoms with Crippen molar-refractivity contribution in [2.45, 2.75) is 0 Å². The average molecular weight is 324 g/mol. The third kappa shape index (κ3) is 15.6. The molecule has 1 heterocycles. The van der Waals surface area contributed by atoms with Gasteiger partial charge < -0.3 is 25.0 Å². The van der Waals surface area contributed by atoms with Crippen molar-refractivity contribution in [3.63, 3.8) is 0 Å². The summed E-state index contributed by atoms with van der Waals surface area (Å²) in [6, 6.07) is 0. The number of carbonyl (C=O) groups is 1. The molecule has 0 spiro atoms. The van der Waals surface area contributed by atoms with Gasteiger partial charge in [-0.2, -0.15) is 0 Å². The molecule has 0 amide bonds. The summed E-state index contributed by atoms with van der Waals surface area (Å²) in [5, 5.41) is 13.9. The molecule has 1 N–H and O–H groups in total. The Hall–Kier alpha value is 2.31. The van der Waals surface area contributed by atoms with Crippen LogP contribution in [-0.2, 0) is 4.79 Å². The van der Waals surface area contributed by atoms with Crippen molar-refractivity contribution in [2.75, 3.05) is 58.9 Å². The first-order valence-electron chi connectivity index (χ1n) is 6.31. The summed E-state index contributed by atoms with van der Waals surface area (Å²) < 4.78 is 0. The van der Waals surface area contributed by atoms with Crippen LogP contribution < -0.4 is 99.1 Å². The first kappa shape index (κ1) is 28.1. The van der Waals surface area contributed by atoms with Gasteiger partial charge in [-0.05, 0) is 26.2 Å². The predicted molar refractivity (Wildman–Crippen MR) is 68.2 cm³/mol. The Balaban J connectivity index is -0.00000108. The predicted octanol–water partition coefficient (Wildman–Crippen LogP) is -11.2. The topological polar surface area (TPSA) is 61.9 Å². The number of carbonyl (C=O) groups excluding carboxylic acids is 1. The van der Waals surface area contributed by atoms with E-state index in [0.717, 1.165) is 39.3 Å². The van der Waals surface area contributed by atoms with Crippen LogP contribution in [0.15, 0.2) is 0 Å². The van der Waals surface area contributed by atoms with Gasteiger partial charge in [0.05, 0.1) is 5.97 Å². The summed E-state index contributed by atoms with van der Waals surface area (Å²) in [5.41, 5.74) is 0. The maximum atomic E-state index is 10.6. The Kier molecular flexibility index (Phi) is 23.0. The van der Waals surface area contributed by atoms with E-state index in [0.29, 0.717) is 13.1 Å². The van der Waals surface area contributed by atoms with Crippen LogP contribution in [0.4, 0.5) is 0 Å². The largest absolute Gasteiger partial charge is 1.00 e. The maximum Gasteiger partial charge on any atom is 1.00 e. The van der Waals surface area contributed by atoms with E-state index in [1.54, 1.807) is 0 Å². The van der Waals surface area contributed by atoms with Crippen molar-refractivity contribution in [1.29, 1.82) is 0 Å². The summed E-state index contributed by atoms with van der Waals surface area (Å²) in [6.07, 6.45) is 0. The number of nitrogens with one attached hydrogen (secondary N) is 1. The van der Waals surface area contributed by atoms with Crippen LogP contribution in [0, 0.1) is 14.1 Å². The van der Waals surface area contributed by atoms with Crippen molar-refractivity contribution in [3.8, 4) is 0 Å². The van der Waals surface area contributed by atoms with Gasteiger partial charge in [0.2, 0.25) is 0 Å². The van der Waals surface area contributed by atoms with Crippen LogP contribution in [0.5, 0.6) is 0 Å². The summed E-state index contributed by atoms with van der Waals surface area (Å²) in [5.74, 6) is -1.03. The van der Waals surface area contributed by atoms with Crippen LogP contribution in [0.2, 0.25) is 0 Å². The van der Waals surface area contributed by atoms with Crippen LogP contribution in [0.1, 0.15) is 0 Å². The smallest absolute Gasteiger partial charge is 0.549 e. The van der Waals surface area contributed by atoms with Gasteiger partial charge in [-0.15, -0.1) is 0 Å². The number of rotatable bonds is 2. The van der Waals surface area contributed by atoms with Crippen LogP contribution in [0.25, 0.3) is 0 Å². The fourth-order valence-corrected chi connectivity index (χ4v) is 1.84. The van der Waals surface area contributed by atoms with Crippen LogP contribution in [0.3, 0.4) is 0 Å².